The van der Waals surface area contributed by atoms with Gasteiger partial charge in [0.05, 0.1) is 6.54 Å². The van der Waals surface area contributed by atoms with Crippen molar-refractivity contribution in [3.05, 3.63) is 65.2 Å². The van der Waals surface area contributed by atoms with Gasteiger partial charge < -0.3 is 10.6 Å². The van der Waals surface area contributed by atoms with E-state index in [1.807, 2.05) is 12.1 Å². The molecular formula is C19H21N3O3. The van der Waals surface area contributed by atoms with E-state index >= 15 is 0 Å². The summed E-state index contributed by atoms with van der Waals surface area (Å²) in [5.41, 5.74) is 10.8. The van der Waals surface area contributed by atoms with Crippen molar-refractivity contribution in [2.75, 3.05) is 11.4 Å². The van der Waals surface area contributed by atoms with Crippen molar-refractivity contribution in [2.24, 2.45) is 5.73 Å². The lowest BCUT2D eigenvalue weighted by Gasteiger charge is -2.35. The molecule has 4 N–H and O–H groups in total. The first-order valence-electron chi connectivity index (χ1n) is 8.27. The van der Waals surface area contributed by atoms with Crippen LogP contribution in [0, 0.1) is 0 Å². The van der Waals surface area contributed by atoms with Gasteiger partial charge in [-0.05, 0) is 54.7 Å². The summed E-state index contributed by atoms with van der Waals surface area (Å²) in [5.74, 6) is -0.737. The molecule has 6 nitrogen and oxygen atoms in total. The lowest BCUT2D eigenvalue weighted by Crippen LogP contribution is -2.46. The first-order valence-corrected chi connectivity index (χ1v) is 8.27. The fraction of sp³-hybridized carbons (Fsp3) is 0.263. The molecule has 2 aromatic rings. The molecule has 1 aliphatic carbocycles. The Morgan fingerprint density at radius 3 is 2.44 bits per heavy atom. The van der Waals surface area contributed by atoms with Crippen molar-refractivity contribution >= 4 is 17.5 Å². The molecule has 0 saturated heterocycles. The third kappa shape index (κ3) is 3.55. The highest BCUT2D eigenvalue weighted by Gasteiger charge is 2.28. The van der Waals surface area contributed by atoms with Crippen molar-refractivity contribution in [3.8, 4) is 0 Å². The molecule has 1 atom stereocenters. The van der Waals surface area contributed by atoms with E-state index in [9.17, 15) is 9.59 Å². The number of nitrogens with one attached hydrogen (secondary N) is 1. The zero-order valence-electron chi connectivity index (χ0n) is 13.8. The van der Waals surface area contributed by atoms with Gasteiger partial charge in [0.1, 0.15) is 0 Å². The van der Waals surface area contributed by atoms with Crippen LogP contribution in [0.1, 0.15) is 27.9 Å². The van der Waals surface area contributed by atoms with Crippen LogP contribution in [-0.4, -0.2) is 29.6 Å². The van der Waals surface area contributed by atoms with Crippen molar-refractivity contribution in [3.63, 3.8) is 0 Å². The summed E-state index contributed by atoms with van der Waals surface area (Å²) >= 11 is 0. The summed E-state index contributed by atoms with van der Waals surface area (Å²) in [5, 5.41) is 8.71. The predicted octanol–water partition coefficient (Wildman–Crippen LogP) is 1.65. The molecule has 0 spiro atoms. The molecule has 6 heteroatoms. The van der Waals surface area contributed by atoms with E-state index in [0.717, 1.165) is 19.3 Å². The first kappa shape index (κ1) is 17.1. The smallest absolute Gasteiger partial charge is 0.274 e. The molecule has 0 fully saturated rings. The summed E-state index contributed by atoms with van der Waals surface area (Å²) < 4.78 is 0. The van der Waals surface area contributed by atoms with Crippen LogP contribution in [0.2, 0.25) is 0 Å². The SMILES string of the molecule is NCC(=O)N(c1ccc(C(=O)NO)cc1)C1CCc2ccccc2C1. The number of nitrogens with zero attached hydrogens (tertiary/aromatic N) is 1. The molecule has 0 bridgehead atoms. The van der Waals surface area contributed by atoms with E-state index in [1.54, 1.807) is 34.6 Å². The summed E-state index contributed by atoms with van der Waals surface area (Å²) in [6, 6.07) is 14.9. The maximum Gasteiger partial charge on any atom is 0.274 e. The number of hydroxylamine groups is 1. The van der Waals surface area contributed by atoms with Crippen LogP contribution in [0.25, 0.3) is 0 Å². The highest BCUT2D eigenvalue weighted by molar-refractivity contribution is 5.97. The molecule has 0 aliphatic heterocycles. The molecule has 0 saturated carbocycles. The average molecular weight is 339 g/mol. The molecule has 1 aliphatic rings. The number of aryl methyl sites for hydroxylation is 1. The van der Waals surface area contributed by atoms with Crippen LogP contribution in [0.4, 0.5) is 5.69 Å². The van der Waals surface area contributed by atoms with Gasteiger partial charge in [-0.1, -0.05) is 24.3 Å². The van der Waals surface area contributed by atoms with Gasteiger partial charge in [-0.15, -0.1) is 0 Å². The number of benzene rings is 2. The zero-order chi connectivity index (χ0) is 17.8. The number of hydrogen-bond acceptors (Lipinski definition) is 4. The Kier molecular flexibility index (Phi) is 5.11. The highest BCUT2D eigenvalue weighted by atomic mass is 16.5. The quantitative estimate of drug-likeness (QED) is 0.583. The minimum absolute atomic E-state index is 0.0310. The van der Waals surface area contributed by atoms with Crippen LogP contribution in [0.15, 0.2) is 48.5 Å². The molecule has 2 aromatic carbocycles. The van der Waals surface area contributed by atoms with Crippen molar-refractivity contribution in [1.29, 1.82) is 0 Å². The van der Waals surface area contributed by atoms with Crippen molar-refractivity contribution in [2.45, 2.75) is 25.3 Å². The summed E-state index contributed by atoms with van der Waals surface area (Å²) in [4.78, 5) is 25.7. The number of amides is 2. The topological polar surface area (TPSA) is 95.7 Å². The number of carbonyl (C=O) groups is 2. The van der Waals surface area contributed by atoms with Crippen LogP contribution in [0.5, 0.6) is 0 Å². The largest absolute Gasteiger partial charge is 0.322 e. The summed E-state index contributed by atoms with van der Waals surface area (Å²) in [7, 11) is 0. The van der Waals surface area contributed by atoms with Gasteiger partial charge >= 0.3 is 0 Å². The Morgan fingerprint density at radius 2 is 1.80 bits per heavy atom. The van der Waals surface area contributed by atoms with Gasteiger partial charge in [0, 0.05) is 17.3 Å². The minimum atomic E-state index is -0.588. The standard InChI is InChI=1S/C19H21N3O3/c20-12-18(23)22(16-8-6-14(7-9-16)19(24)21-25)17-10-5-13-3-1-2-4-15(13)11-17/h1-4,6-9,17,25H,5,10-12,20H2,(H,21,24). The zero-order valence-corrected chi connectivity index (χ0v) is 13.8. The van der Waals surface area contributed by atoms with Gasteiger partial charge in [-0.3, -0.25) is 14.8 Å². The second-order valence-electron chi connectivity index (χ2n) is 6.12. The maximum absolute atomic E-state index is 12.5. The van der Waals surface area contributed by atoms with Gasteiger partial charge in [-0.25, -0.2) is 5.48 Å². The number of hydrogen-bond donors (Lipinski definition) is 3. The molecular weight excluding hydrogens is 318 g/mol. The van der Waals surface area contributed by atoms with E-state index in [-0.39, 0.29) is 18.5 Å². The van der Waals surface area contributed by atoms with Gasteiger partial charge in [0.15, 0.2) is 0 Å². The summed E-state index contributed by atoms with van der Waals surface area (Å²) in [6.07, 6.45) is 2.56. The normalized spacial score (nSPS) is 16.0. The second-order valence-corrected chi connectivity index (χ2v) is 6.12. The Labute approximate surface area is 146 Å². The fourth-order valence-corrected chi connectivity index (χ4v) is 3.39. The van der Waals surface area contributed by atoms with Crippen molar-refractivity contribution in [1.82, 2.24) is 5.48 Å². The molecule has 0 heterocycles. The lowest BCUT2D eigenvalue weighted by atomic mass is 9.87. The Morgan fingerprint density at radius 1 is 1.12 bits per heavy atom. The number of fused-ring (bicyclic) bond motifs is 1. The number of rotatable bonds is 4. The van der Waals surface area contributed by atoms with Gasteiger partial charge in [-0.2, -0.15) is 0 Å². The molecule has 2 amide bonds. The number of nitrogens with two attached hydrogens (primary N) is 1. The van der Waals surface area contributed by atoms with E-state index < -0.39 is 5.91 Å². The monoisotopic (exact) mass is 339 g/mol. The predicted molar refractivity (Wildman–Crippen MR) is 94.5 cm³/mol. The number of carbonyl (C=O) groups excluding carboxylic acids is 2. The summed E-state index contributed by atoms with van der Waals surface area (Å²) in [6.45, 7) is -0.0724. The van der Waals surface area contributed by atoms with E-state index in [2.05, 4.69) is 12.1 Å². The maximum atomic E-state index is 12.5. The van der Waals surface area contributed by atoms with E-state index in [1.165, 1.54) is 11.1 Å². The van der Waals surface area contributed by atoms with Gasteiger partial charge in [0.25, 0.3) is 5.91 Å². The van der Waals surface area contributed by atoms with Crippen LogP contribution >= 0.6 is 0 Å². The second kappa shape index (κ2) is 7.46. The Bertz CT molecular complexity index is 774. The molecule has 25 heavy (non-hydrogen) atoms. The van der Waals surface area contributed by atoms with Crippen LogP contribution in [0.3, 0.4) is 0 Å². The average Bonchev–Trinajstić information content (AvgIpc) is 2.67. The van der Waals surface area contributed by atoms with Gasteiger partial charge in [0.2, 0.25) is 5.91 Å². The third-order valence-electron chi connectivity index (χ3n) is 4.64. The lowest BCUT2D eigenvalue weighted by molar-refractivity contribution is -0.117. The van der Waals surface area contributed by atoms with Crippen molar-refractivity contribution < 1.29 is 14.8 Å². The van der Waals surface area contributed by atoms with Crippen LogP contribution in [-0.2, 0) is 17.6 Å². The molecule has 0 aromatic heterocycles. The highest BCUT2D eigenvalue weighted by Crippen LogP contribution is 2.28. The Hall–Kier alpha value is -2.70. The van der Waals surface area contributed by atoms with E-state index in [4.69, 9.17) is 10.9 Å². The molecule has 130 valence electrons. The number of anilines is 1. The molecule has 0 radical (unpaired) electrons. The Balaban J connectivity index is 1.88. The molecule has 1 unspecified atom stereocenters. The third-order valence-corrected chi connectivity index (χ3v) is 4.64. The minimum Gasteiger partial charge on any atom is -0.322 e. The first-order chi connectivity index (χ1) is 12.1. The fourth-order valence-electron chi connectivity index (χ4n) is 3.39. The molecule has 3 rings (SSSR count). The van der Waals surface area contributed by atoms with E-state index in [0.29, 0.717) is 11.3 Å². The van der Waals surface area contributed by atoms with Crippen LogP contribution < -0.4 is 16.1 Å².